The summed E-state index contributed by atoms with van der Waals surface area (Å²) >= 11 is 0. The molecule has 1 fully saturated rings. The van der Waals surface area contributed by atoms with E-state index in [1.54, 1.807) is 12.2 Å². The van der Waals surface area contributed by atoms with E-state index in [4.69, 9.17) is 9.57 Å². The van der Waals surface area contributed by atoms with Gasteiger partial charge in [-0.05, 0) is 6.92 Å². The number of carbonyl (C=O) groups excluding carboxylic acids is 1. The number of rotatable bonds is 3. The van der Waals surface area contributed by atoms with E-state index < -0.39 is 0 Å². The topological polar surface area (TPSA) is 38.8 Å². The van der Waals surface area contributed by atoms with Crippen LogP contribution in [0.3, 0.4) is 0 Å². The van der Waals surface area contributed by atoms with Gasteiger partial charge in [0.05, 0.1) is 13.2 Å². The predicted octanol–water partition coefficient (Wildman–Crippen LogP) is 0.228. The summed E-state index contributed by atoms with van der Waals surface area (Å²) in [6.45, 7) is 3.82. The van der Waals surface area contributed by atoms with Crippen LogP contribution in [0.25, 0.3) is 0 Å². The van der Waals surface area contributed by atoms with Crippen LogP contribution >= 0.6 is 0 Å². The average molecular weight is 173 g/mol. The zero-order chi connectivity index (χ0) is 8.97. The predicted molar refractivity (Wildman–Crippen MR) is 43.6 cm³/mol. The lowest BCUT2D eigenvalue weighted by atomic mass is 10.1. The highest BCUT2D eigenvalue weighted by Gasteiger charge is 2.26. The smallest absolute Gasteiger partial charge is 0.164 e. The van der Waals surface area contributed by atoms with Crippen LogP contribution in [0.2, 0.25) is 0 Å². The fraction of sp³-hybridized carbons (Fsp3) is 0.875. The monoisotopic (exact) mass is 173 g/mol. The Morgan fingerprint density at radius 2 is 2.42 bits per heavy atom. The standard InChI is InChI=1S/C8H15NO3/c1-3-12-9-5-4-7(10)8(6-9)11-2/h8H,3-6H2,1-2H3. The van der Waals surface area contributed by atoms with Crippen LogP contribution in [0.5, 0.6) is 0 Å². The maximum atomic E-state index is 11.2. The summed E-state index contributed by atoms with van der Waals surface area (Å²) in [5.41, 5.74) is 0. The van der Waals surface area contributed by atoms with Crippen molar-refractivity contribution >= 4 is 5.78 Å². The number of hydrogen-bond acceptors (Lipinski definition) is 4. The third-order valence-corrected chi connectivity index (χ3v) is 1.93. The fourth-order valence-electron chi connectivity index (χ4n) is 1.28. The molecule has 0 bridgehead atoms. The second-order valence-corrected chi connectivity index (χ2v) is 2.75. The van der Waals surface area contributed by atoms with Crippen molar-refractivity contribution in [1.29, 1.82) is 0 Å². The summed E-state index contributed by atoms with van der Waals surface area (Å²) in [4.78, 5) is 16.4. The lowest BCUT2D eigenvalue weighted by Crippen LogP contribution is -2.44. The molecule has 0 radical (unpaired) electrons. The molecule has 1 unspecified atom stereocenters. The molecule has 0 aromatic carbocycles. The van der Waals surface area contributed by atoms with Crippen LogP contribution in [0.4, 0.5) is 0 Å². The van der Waals surface area contributed by atoms with E-state index in [1.807, 2.05) is 6.92 Å². The van der Waals surface area contributed by atoms with Crippen molar-refractivity contribution in [2.75, 3.05) is 26.8 Å². The van der Waals surface area contributed by atoms with Crippen molar-refractivity contribution in [3.05, 3.63) is 0 Å². The third-order valence-electron chi connectivity index (χ3n) is 1.93. The van der Waals surface area contributed by atoms with E-state index in [2.05, 4.69) is 0 Å². The molecule has 12 heavy (non-hydrogen) atoms. The van der Waals surface area contributed by atoms with Crippen LogP contribution in [0.1, 0.15) is 13.3 Å². The number of Topliss-reactive ketones (excluding diaryl/α,β-unsaturated/α-hetero) is 1. The Hall–Kier alpha value is -0.450. The first-order valence-corrected chi connectivity index (χ1v) is 4.21. The molecule has 0 saturated carbocycles. The Balaban J connectivity index is 2.38. The molecule has 1 saturated heterocycles. The zero-order valence-electron chi connectivity index (χ0n) is 7.58. The van der Waals surface area contributed by atoms with Crippen molar-refractivity contribution in [2.45, 2.75) is 19.4 Å². The van der Waals surface area contributed by atoms with Crippen molar-refractivity contribution in [1.82, 2.24) is 5.06 Å². The fourth-order valence-corrected chi connectivity index (χ4v) is 1.28. The Labute approximate surface area is 72.4 Å². The van der Waals surface area contributed by atoms with Gasteiger partial charge in [0.25, 0.3) is 0 Å². The minimum absolute atomic E-state index is 0.174. The molecule has 0 aromatic rings. The van der Waals surface area contributed by atoms with Crippen molar-refractivity contribution in [3.8, 4) is 0 Å². The van der Waals surface area contributed by atoms with Gasteiger partial charge in [-0.25, -0.2) is 0 Å². The Morgan fingerprint density at radius 1 is 1.67 bits per heavy atom. The van der Waals surface area contributed by atoms with Gasteiger partial charge in [0.2, 0.25) is 0 Å². The van der Waals surface area contributed by atoms with Crippen LogP contribution in [0, 0.1) is 0 Å². The number of carbonyl (C=O) groups is 1. The van der Waals surface area contributed by atoms with Gasteiger partial charge in [-0.3, -0.25) is 9.63 Å². The van der Waals surface area contributed by atoms with E-state index in [0.29, 0.717) is 26.1 Å². The van der Waals surface area contributed by atoms with Gasteiger partial charge < -0.3 is 4.74 Å². The second-order valence-electron chi connectivity index (χ2n) is 2.75. The van der Waals surface area contributed by atoms with E-state index >= 15 is 0 Å². The molecule has 1 heterocycles. The molecule has 70 valence electrons. The molecule has 4 nitrogen and oxygen atoms in total. The normalized spacial score (nSPS) is 26.2. The van der Waals surface area contributed by atoms with Gasteiger partial charge >= 0.3 is 0 Å². The van der Waals surface area contributed by atoms with E-state index in [-0.39, 0.29) is 11.9 Å². The number of hydrogen-bond donors (Lipinski definition) is 0. The maximum absolute atomic E-state index is 11.2. The molecule has 0 spiro atoms. The lowest BCUT2D eigenvalue weighted by Gasteiger charge is -2.29. The summed E-state index contributed by atoms with van der Waals surface area (Å²) in [6.07, 6.45) is 0.226. The SMILES string of the molecule is CCON1CCC(=O)C(OC)C1. The second kappa shape index (κ2) is 4.54. The van der Waals surface area contributed by atoms with E-state index in [1.165, 1.54) is 0 Å². The highest BCUT2D eigenvalue weighted by atomic mass is 16.7. The highest BCUT2D eigenvalue weighted by Crippen LogP contribution is 2.09. The Kier molecular flexibility index (Phi) is 3.65. The van der Waals surface area contributed by atoms with Crippen LogP contribution in [-0.4, -0.2) is 43.8 Å². The van der Waals surface area contributed by atoms with E-state index in [0.717, 1.165) is 0 Å². The van der Waals surface area contributed by atoms with Gasteiger partial charge in [-0.1, -0.05) is 0 Å². The highest BCUT2D eigenvalue weighted by molar-refractivity contribution is 5.84. The van der Waals surface area contributed by atoms with Gasteiger partial charge in [-0.2, -0.15) is 5.06 Å². The lowest BCUT2D eigenvalue weighted by molar-refractivity contribution is -0.189. The first-order chi connectivity index (χ1) is 5.77. The zero-order valence-corrected chi connectivity index (χ0v) is 7.58. The molecule has 4 heteroatoms. The Morgan fingerprint density at radius 3 is 3.00 bits per heavy atom. The van der Waals surface area contributed by atoms with Gasteiger partial charge in [0.15, 0.2) is 5.78 Å². The number of ketones is 1. The Bertz CT molecular complexity index is 160. The summed E-state index contributed by atoms with van der Waals surface area (Å²) in [5.74, 6) is 0.174. The molecular weight excluding hydrogens is 158 g/mol. The number of piperidine rings is 1. The minimum atomic E-state index is -0.301. The van der Waals surface area contributed by atoms with Crippen LogP contribution in [-0.2, 0) is 14.4 Å². The van der Waals surface area contributed by atoms with E-state index in [9.17, 15) is 4.79 Å². The quantitative estimate of drug-likeness (QED) is 0.612. The molecule has 0 N–H and O–H groups in total. The van der Waals surface area contributed by atoms with Crippen molar-refractivity contribution < 1.29 is 14.4 Å². The molecule has 0 aliphatic carbocycles. The number of methoxy groups -OCH3 is 1. The number of nitrogens with zero attached hydrogens (tertiary/aromatic N) is 1. The molecule has 0 amide bonds. The summed E-state index contributed by atoms with van der Waals surface area (Å²) < 4.78 is 5.01. The van der Waals surface area contributed by atoms with Gasteiger partial charge in [0, 0.05) is 20.1 Å². The first kappa shape index (κ1) is 9.64. The molecule has 1 rings (SSSR count). The summed E-state index contributed by atoms with van der Waals surface area (Å²) in [7, 11) is 1.55. The number of hydroxylamine groups is 2. The molecule has 1 aliphatic rings. The molecule has 0 aromatic heterocycles. The van der Waals surface area contributed by atoms with Crippen molar-refractivity contribution in [3.63, 3.8) is 0 Å². The van der Waals surface area contributed by atoms with Crippen molar-refractivity contribution in [2.24, 2.45) is 0 Å². The number of ether oxygens (including phenoxy) is 1. The summed E-state index contributed by atoms with van der Waals surface area (Å²) in [6, 6.07) is 0. The molecule has 1 aliphatic heterocycles. The van der Waals surface area contributed by atoms with Crippen LogP contribution < -0.4 is 0 Å². The summed E-state index contributed by atoms with van der Waals surface area (Å²) in [5, 5.41) is 1.79. The van der Waals surface area contributed by atoms with Gasteiger partial charge in [0.1, 0.15) is 6.10 Å². The van der Waals surface area contributed by atoms with Gasteiger partial charge in [-0.15, -0.1) is 0 Å². The maximum Gasteiger partial charge on any atom is 0.164 e. The largest absolute Gasteiger partial charge is 0.372 e. The third kappa shape index (κ3) is 2.27. The first-order valence-electron chi connectivity index (χ1n) is 4.21. The average Bonchev–Trinajstić information content (AvgIpc) is 2.09. The minimum Gasteiger partial charge on any atom is -0.372 e. The van der Waals surface area contributed by atoms with Crippen LogP contribution in [0.15, 0.2) is 0 Å². The molecular formula is C8H15NO3. The molecule has 1 atom stereocenters.